The first-order valence-electron chi connectivity index (χ1n) is 7.34. The van der Waals surface area contributed by atoms with E-state index in [-0.39, 0.29) is 12.1 Å². The number of carbonyl (C=O) groups excluding carboxylic acids is 1. The summed E-state index contributed by atoms with van der Waals surface area (Å²) in [4.78, 5) is 23.3. The Hall–Kier alpha value is -2.05. The Balaban J connectivity index is 1.98. The van der Waals surface area contributed by atoms with Crippen LogP contribution in [0.25, 0.3) is 0 Å². The Morgan fingerprint density at radius 3 is 2.81 bits per heavy atom. The number of aryl methyl sites for hydroxylation is 2. The van der Waals surface area contributed by atoms with Gasteiger partial charge in [0.1, 0.15) is 0 Å². The van der Waals surface area contributed by atoms with Crippen LogP contribution in [0.3, 0.4) is 0 Å². The Labute approximate surface area is 123 Å². The quantitative estimate of drug-likeness (QED) is 0.788. The smallest absolute Gasteiger partial charge is 0.319 e. The van der Waals surface area contributed by atoms with Gasteiger partial charge in [0, 0.05) is 19.3 Å². The van der Waals surface area contributed by atoms with Gasteiger partial charge in [-0.3, -0.25) is 9.48 Å². The summed E-state index contributed by atoms with van der Waals surface area (Å²) in [5.74, 6) is -1.33. The lowest BCUT2D eigenvalue weighted by atomic mass is 9.84. The van der Waals surface area contributed by atoms with E-state index in [0.717, 1.165) is 25.0 Å². The van der Waals surface area contributed by atoms with Crippen LogP contribution >= 0.6 is 0 Å². The second-order valence-corrected chi connectivity index (χ2v) is 5.45. The van der Waals surface area contributed by atoms with Crippen molar-refractivity contribution < 1.29 is 14.7 Å². The number of hydrogen-bond donors (Lipinski definition) is 3. The summed E-state index contributed by atoms with van der Waals surface area (Å²) in [5, 5.41) is 19.0. The average Bonchev–Trinajstić information content (AvgIpc) is 2.78. The molecule has 1 aromatic heterocycles. The number of anilines is 1. The maximum absolute atomic E-state index is 12.1. The third-order valence-corrected chi connectivity index (χ3v) is 3.89. The van der Waals surface area contributed by atoms with Crippen molar-refractivity contribution in [2.75, 3.05) is 5.32 Å². The van der Waals surface area contributed by atoms with E-state index in [1.54, 1.807) is 17.9 Å². The van der Waals surface area contributed by atoms with Crippen LogP contribution in [0.4, 0.5) is 10.5 Å². The predicted molar refractivity (Wildman–Crippen MR) is 78.1 cm³/mol. The van der Waals surface area contributed by atoms with E-state index in [0.29, 0.717) is 18.5 Å². The van der Waals surface area contributed by atoms with E-state index >= 15 is 0 Å². The van der Waals surface area contributed by atoms with Crippen molar-refractivity contribution in [2.24, 2.45) is 13.0 Å². The summed E-state index contributed by atoms with van der Waals surface area (Å²) in [5.41, 5.74) is 1.48. The van der Waals surface area contributed by atoms with Gasteiger partial charge < -0.3 is 15.7 Å². The maximum atomic E-state index is 12.1. The number of amides is 2. The number of carbonyl (C=O) groups is 2. The number of urea groups is 1. The molecule has 0 aromatic carbocycles. The number of aliphatic carboxylic acids is 1. The normalized spacial score (nSPS) is 21.8. The fraction of sp³-hybridized carbons (Fsp3) is 0.643. The minimum absolute atomic E-state index is 0.307. The molecule has 2 amide bonds. The molecule has 7 nitrogen and oxygen atoms in total. The van der Waals surface area contributed by atoms with Crippen molar-refractivity contribution in [1.82, 2.24) is 15.1 Å². The summed E-state index contributed by atoms with van der Waals surface area (Å²) < 4.78 is 1.65. The predicted octanol–water partition coefficient (Wildman–Crippen LogP) is 1.75. The van der Waals surface area contributed by atoms with Gasteiger partial charge in [-0.25, -0.2) is 4.79 Å². The number of carboxylic acid groups (broad SMARTS) is 1. The van der Waals surface area contributed by atoms with E-state index in [1.165, 1.54) is 0 Å². The zero-order valence-electron chi connectivity index (χ0n) is 12.4. The third-order valence-electron chi connectivity index (χ3n) is 3.89. The topological polar surface area (TPSA) is 96.3 Å². The largest absolute Gasteiger partial charge is 0.481 e. The molecule has 21 heavy (non-hydrogen) atoms. The van der Waals surface area contributed by atoms with Crippen molar-refractivity contribution in [2.45, 2.75) is 45.1 Å². The Bertz CT molecular complexity index is 526. The Morgan fingerprint density at radius 1 is 1.43 bits per heavy atom. The van der Waals surface area contributed by atoms with Gasteiger partial charge in [-0.05, 0) is 19.3 Å². The molecule has 0 bridgehead atoms. The summed E-state index contributed by atoms with van der Waals surface area (Å²) in [6.45, 7) is 1.97. The highest BCUT2D eigenvalue weighted by Gasteiger charge is 2.31. The van der Waals surface area contributed by atoms with E-state index in [9.17, 15) is 14.7 Å². The number of carboxylic acids is 1. The third kappa shape index (κ3) is 3.74. The zero-order chi connectivity index (χ0) is 15.4. The number of nitrogens with one attached hydrogen (secondary N) is 2. The van der Waals surface area contributed by atoms with Gasteiger partial charge in [0.25, 0.3) is 0 Å². The molecular formula is C14H22N4O3. The molecule has 1 aromatic rings. The molecule has 1 fully saturated rings. The summed E-state index contributed by atoms with van der Waals surface area (Å²) in [6.07, 6.45) is 5.64. The lowest BCUT2D eigenvalue weighted by molar-refractivity contribution is -0.143. The SMILES string of the molecule is CCc1nn(C)cc1NC(=O)NC1CCCCC1C(=O)O. The standard InChI is InChI=1S/C14H22N4O3/c1-3-10-12(8-18(2)17-10)16-14(21)15-11-7-5-4-6-9(11)13(19)20/h8-9,11H,3-7H2,1-2H3,(H,19,20)(H2,15,16,21). The minimum atomic E-state index is -0.837. The average molecular weight is 294 g/mol. The molecule has 1 aliphatic rings. The van der Waals surface area contributed by atoms with Crippen molar-refractivity contribution in [3.8, 4) is 0 Å². The van der Waals surface area contributed by atoms with Gasteiger partial charge in [0.05, 0.1) is 17.3 Å². The van der Waals surface area contributed by atoms with Crippen LogP contribution in [0, 0.1) is 5.92 Å². The molecule has 7 heteroatoms. The molecule has 2 atom stereocenters. The van der Waals surface area contributed by atoms with Crippen LogP contribution < -0.4 is 10.6 Å². The maximum Gasteiger partial charge on any atom is 0.319 e. The molecule has 2 unspecified atom stereocenters. The van der Waals surface area contributed by atoms with Gasteiger partial charge in [0.15, 0.2) is 0 Å². The van der Waals surface area contributed by atoms with Crippen LogP contribution in [0.1, 0.15) is 38.3 Å². The zero-order valence-corrected chi connectivity index (χ0v) is 12.4. The molecule has 2 rings (SSSR count). The molecule has 0 saturated heterocycles. The van der Waals surface area contributed by atoms with Gasteiger partial charge in [-0.2, -0.15) is 5.10 Å². The first kappa shape index (κ1) is 15.3. The van der Waals surface area contributed by atoms with Crippen molar-refractivity contribution >= 4 is 17.7 Å². The van der Waals surface area contributed by atoms with E-state index in [4.69, 9.17) is 0 Å². The summed E-state index contributed by atoms with van der Waals surface area (Å²) >= 11 is 0. The monoisotopic (exact) mass is 294 g/mol. The van der Waals surface area contributed by atoms with Crippen molar-refractivity contribution in [1.29, 1.82) is 0 Å². The van der Waals surface area contributed by atoms with Crippen molar-refractivity contribution in [3.05, 3.63) is 11.9 Å². The van der Waals surface area contributed by atoms with Crippen LogP contribution in [0.15, 0.2) is 6.20 Å². The highest BCUT2D eigenvalue weighted by molar-refractivity contribution is 5.90. The number of hydrogen-bond acceptors (Lipinski definition) is 3. The lowest BCUT2D eigenvalue weighted by Crippen LogP contribution is -2.46. The lowest BCUT2D eigenvalue weighted by Gasteiger charge is -2.29. The first-order valence-corrected chi connectivity index (χ1v) is 7.34. The molecule has 116 valence electrons. The van der Waals surface area contributed by atoms with E-state index in [1.807, 2.05) is 6.92 Å². The molecule has 0 spiro atoms. The fourth-order valence-electron chi connectivity index (χ4n) is 2.83. The van der Waals surface area contributed by atoms with Crippen molar-refractivity contribution in [3.63, 3.8) is 0 Å². The van der Waals surface area contributed by atoms with Crippen LogP contribution in [-0.4, -0.2) is 32.9 Å². The first-order chi connectivity index (χ1) is 10.0. The fourth-order valence-corrected chi connectivity index (χ4v) is 2.83. The second-order valence-electron chi connectivity index (χ2n) is 5.45. The molecular weight excluding hydrogens is 272 g/mol. The molecule has 1 heterocycles. The molecule has 0 radical (unpaired) electrons. The van der Waals surface area contributed by atoms with Gasteiger partial charge in [-0.1, -0.05) is 19.8 Å². The number of rotatable bonds is 4. The van der Waals surface area contributed by atoms with Crippen LogP contribution in [-0.2, 0) is 18.3 Å². The minimum Gasteiger partial charge on any atom is -0.481 e. The molecule has 1 saturated carbocycles. The second kappa shape index (κ2) is 6.60. The molecule has 0 aliphatic heterocycles. The number of aromatic nitrogens is 2. The van der Waals surface area contributed by atoms with E-state index in [2.05, 4.69) is 15.7 Å². The Morgan fingerprint density at radius 2 is 2.14 bits per heavy atom. The van der Waals surface area contributed by atoms with Gasteiger partial charge in [0.2, 0.25) is 0 Å². The van der Waals surface area contributed by atoms with Crippen LogP contribution in [0.2, 0.25) is 0 Å². The number of nitrogens with zero attached hydrogens (tertiary/aromatic N) is 2. The molecule has 3 N–H and O–H groups in total. The van der Waals surface area contributed by atoms with E-state index < -0.39 is 11.9 Å². The van der Waals surface area contributed by atoms with Gasteiger partial charge >= 0.3 is 12.0 Å². The van der Waals surface area contributed by atoms with Crippen LogP contribution in [0.5, 0.6) is 0 Å². The summed E-state index contributed by atoms with van der Waals surface area (Å²) in [7, 11) is 1.80. The van der Waals surface area contributed by atoms with Gasteiger partial charge in [-0.15, -0.1) is 0 Å². The Kier molecular flexibility index (Phi) is 4.82. The highest BCUT2D eigenvalue weighted by Crippen LogP contribution is 2.25. The highest BCUT2D eigenvalue weighted by atomic mass is 16.4. The summed E-state index contributed by atoms with van der Waals surface area (Å²) in [6, 6.07) is -0.672. The molecule has 1 aliphatic carbocycles.